The van der Waals surface area contributed by atoms with Crippen LogP contribution in [0, 0.1) is 0 Å². The molecule has 0 bridgehead atoms. The topological polar surface area (TPSA) is 71.6 Å². The molecule has 1 aliphatic rings. The Morgan fingerprint density at radius 1 is 1.04 bits per heavy atom. The maximum atomic E-state index is 12.5. The number of nitrogens with zero attached hydrogens (tertiary/aromatic N) is 4. The summed E-state index contributed by atoms with van der Waals surface area (Å²) in [5, 5.41) is 0. The van der Waals surface area contributed by atoms with Crippen LogP contribution in [0.15, 0.2) is 53.6 Å². The van der Waals surface area contributed by atoms with Crippen molar-refractivity contribution in [2.24, 2.45) is 0 Å². The Kier molecular flexibility index (Phi) is 4.43. The van der Waals surface area contributed by atoms with E-state index >= 15 is 0 Å². The van der Waals surface area contributed by atoms with Gasteiger partial charge in [0.1, 0.15) is 6.26 Å². The number of fused-ring (bicyclic) bond motifs is 1. The number of imidazole rings is 1. The molecule has 0 radical (unpaired) electrons. The molecule has 0 atom stereocenters. The number of rotatable bonds is 4. The fraction of sp³-hybridized carbons (Fsp3) is 0.316. The van der Waals surface area contributed by atoms with Crippen molar-refractivity contribution in [3.63, 3.8) is 0 Å². The van der Waals surface area contributed by atoms with Crippen LogP contribution in [0.4, 0.5) is 0 Å². The van der Waals surface area contributed by atoms with Gasteiger partial charge in [-0.05, 0) is 18.2 Å². The Bertz CT molecular complexity index is 908. The van der Waals surface area contributed by atoms with Gasteiger partial charge in [-0.25, -0.2) is 4.98 Å². The second-order valence-corrected chi connectivity index (χ2v) is 6.36. The summed E-state index contributed by atoms with van der Waals surface area (Å²) in [5.41, 5.74) is 2.53. The second-order valence-electron chi connectivity index (χ2n) is 6.36. The third-order valence-electron chi connectivity index (χ3n) is 4.78. The molecule has 7 heteroatoms. The van der Waals surface area contributed by atoms with E-state index in [1.807, 2.05) is 33.7 Å². The van der Waals surface area contributed by atoms with Gasteiger partial charge in [-0.15, -0.1) is 0 Å². The van der Waals surface area contributed by atoms with E-state index in [9.17, 15) is 9.59 Å². The van der Waals surface area contributed by atoms with Gasteiger partial charge in [-0.1, -0.05) is 12.1 Å². The molecule has 1 saturated heterocycles. The van der Waals surface area contributed by atoms with Gasteiger partial charge >= 0.3 is 0 Å². The molecule has 2 amide bonds. The summed E-state index contributed by atoms with van der Waals surface area (Å²) in [6, 6.07) is 9.56. The zero-order chi connectivity index (χ0) is 17.9. The van der Waals surface area contributed by atoms with Crippen molar-refractivity contribution < 1.29 is 14.0 Å². The number of carbonyl (C=O) groups is 2. The molecule has 0 spiro atoms. The highest BCUT2D eigenvalue weighted by Crippen LogP contribution is 2.14. The molecule has 4 rings (SSSR count). The maximum Gasteiger partial charge on any atom is 0.257 e. The van der Waals surface area contributed by atoms with Gasteiger partial charge < -0.3 is 18.8 Å². The molecular formula is C19H20N4O3. The zero-order valence-electron chi connectivity index (χ0n) is 14.4. The van der Waals surface area contributed by atoms with Crippen molar-refractivity contribution in [3.05, 3.63) is 54.7 Å². The molecule has 3 aromatic rings. The number of aromatic nitrogens is 2. The first-order chi connectivity index (χ1) is 12.7. The van der Waals surface area contributed by atoms with Crippen LogP contribution in [0.2, 0.25) is 0 Å². The number of hydrogen-bond donors (Lipinski definition) is 0. The minimum absolute atomic E-state index is 0.0456. The van der Waals surface area contributed by atoms with Gasteiger partial charge in [0.15, 0.2) is 0 Å². The van der Waals surface area contributed by atoms with Crippen molar-refractivity contribution in [1.82, 2.24) is 19.4 Å². The van der Waals surface area contributed by atoms with Crippen molar-refractivity contribution in [1.29, 1.82) is 0 Å². The number of piperazine rings is 1. The van der Waals surface area contributed by atoms with E-state index in [0.29, 0.717) is 44.7 Å². The van der Waals surface area contributed by atoms with Crippen LogP contribution in [0.3, 0.4) is 0 Å². The van der Waals surface area contributed by atoms with Crippen molar-refractivity contribution in [2.45, 2.75) is 13.0 Å². The summed E-state index contributed by atoms with van der Waals surface area (Å²) < 4.78 is 6.97. The van der Waals surface area contributed by atoms with Gasteiger partial charge in [0, 0.05) is 39.1 Å². The van der Waals surface area contributed by atoms with E-state index in [0.717, 1.165) is 11.0 Å². The van der Waals surface area contributed by atoms with Gasteiger partial charge in [0.05, 0.1) is 29.2 Å². The van der Waals surface area contributed by atoms with Gasteiger partial charge in [0.25, 0.3) is 5.91 Å². The molecule has 1 aromatic carbocycles. The lowest BCUT2D eigenvalue weighted by molar-refractivity contribution is -0.132. The van der Waals surface area contributed by atoms with E-state index < -0.39 is 0 Å². The van der Waals surface area contributed by atoms with Crippen LogP contribution in [-0.2, 0) is 11.3 Å². The van der Waals surface area contributed by atoms with E-state index in [1.54, 1.807) is 17.3 Å². The molecule has 0 N–H and O–H groups in total. The highest BCUT2D eigenvalue weighted by atomic mass is 16.3. The van der Waals surface area contributed by atoms with Crippen LogP contribution in [0.5, 0.6) is 0 Å². The minimum Gasteiger partial charge on any atom is -0.472 e. The van der Waals surface area contributed by atoms with E-state index in [-0.39, 0.29) is 11.8 Å². The molecule has 0 aliphatic carbocycles. The number of benzene rings is 1. The number of furan rings is 1. The summed E-state index contributed by atoms with van der Waals surface area (Å²) in [7, 11) is 0. The normalized spacial score (nSPS) is 14.8. The molecule has 1 aliphatic heterocycles. The third-order valence-corrected chi connectivity index (χ3v) is 4.78. The molecule has 1 fully saturated rings. The molecule has 134 valence electrons. The van der Waals surface area contributed by atoms with Gasteiger partial charge in [0.2, 0.25) is 5.91 Å². The van der Waals surface area contributed by atoms with E-state index in [4.69, 9.17) is 4.42 Å². The summed E-state index contributed by atoms with van der Waals surface area (Å²) in [5.74, 6) is 0.0638. The first-order valence-electron chi connectivity index (χ1n) is 8.71. The number of hydrogen-bond acceptors (Lipinski definition) is 4. The molecule has 2 aromatic heterocycles. The molecular weight excluding hydrogens is 332 g/mol. The Hall–Kier alpha value is -3.09. The second kappa shape index (κ2) is 7.03. The predicted molar refractivity (Wildman–Crippen MR) is 95.5 cm³/mol. The SMILES string of the molecule is O=C(CCn1cnc2ccccc21)N1CCN(C(=O)c2ccoc2)CC1. The average Bonchev–Trinajstić information content (AvgIpc) is 3.36. The van der Waals surface area contributed by atoms with Crippen molar-refractivity contribution in [2.75, 3.05) is 26.2 Å². The van der Waals surface area contributed by atoms with E-state index in [2.05, 4.69) is 4.98 Å². The summed E-state index contributed by atoms with van der Waals surface area (Å²) >= 11 is 0. The number of carbonyl (C=O) groups excluding carboxylic acids is 2. The van der Waals surface area contributed by atoms with Crippen LogP contribution >= 0.6 is 0 Å². The molecule has 3 heterocycles. The Morgan fingerprint density at radius 2 is 1.81 bits per heavy atom. The predicted octanol–water partition coefficient (Wildman–Crippen LogP) is 2.00. The van der Waals surface area contributed by atoms with Crippen LogP contribution in [-0.4, -0.2) is 57.3 Å². The van der Waals surface area contributed by atoms with Crippen LogP contribution < -0.4 is 0 Å². The fourth-order valence-electron chi connectivity index (χ4n) is 3.29. The Labute approximate surface area is 150 Å². The monoisotopic (exact) mass is 352 g/mol. The number of aryl methyl sites for hydroxylation is 1. The van der Waals surface area contributed by atoms with Crippen molar-refractivity contribution >= 4 is 22.8 Å². The smallest absolute Gasteiger partial charge is 0.257 e. The first kappa shape index (κ1) is 16.4. The zero-order valence-corrected chi connectivity index (χ0v) is 14.4. The summed E-state index contributed by atoms with van der Waals surface area (Å²) in [6.45, 7) is 2.82. The van der Waals surface area contributed by atoms with Gasteiger partial charge in [-0.2, -0.15) is 0 Å². The average molecular weight is 352 g/mol. The quantitative estimate of drug-likeness (QED) is 0.720. The fourth-order valence-corrected chi connectivity index (χ4v) is 3.29. The molecule has 0 saturated carbocycles. The number of amides is 2. The Balaban J connectivity index is 1.30. The maximum absolute atomic E-state index is 12.5. The molecule has 0 unspecified atom stereocenters. The lowest BCUT2D eigenvalue weighted by atomic mass is 10.2. The lowest BCUT2D eigenvalue weighted by Gasteiger charge is -2.34. The number of para-hydroxylation sites is 2. The third kappa shape index (κ3) is 3.20. The largest absolute Gasteiger partial charge is 0.472 e. The summed E-state index contributed by atoms with van der Waals surface area (Å²) in [4.78, 5) is 32.7. The minimum atomic E-state index is -0.0456. The highest BCUT2D eigenvalue weighted by molar-refractivity contribution is 5.94. The first-order valence-corrected chi connectivity index (χ1v) is 8.71. The molecule has 7 nitrogen and oxygen atoms in total. The van der Waals surface area contributed by atoms with Gasteiger partial charge in [-0.3, -0.25) is 9.59 Å². The molecule has 26 heavy (non-hydrogen) atoms. The van der Waals surface area contributed by atoms with Crippen LogP contribution in [0.1, 0.15) is 16.8 Å². The summed E-state index contributed by atoms with van der Waals surface area (Å²) in [6.07, 6.45) is 5.15. The standard InChI is InChI=1S/C19H20N4O3/c24-18(5-7-23-14-20-16-3-1-2-4-17(16)23)21-8-10-22(11-9-21)19(25)15-6-12-26-13-15/h1-4,6,12-14H,5,7-11H2. The van der Waals surface area contributed by atoms with E-state index in [1.165, 1.54) is 12.5 Å². The van der Waals surface area contributed by atoms with Crippen molar-refractivity contribution in [3.8, 4) is 0 Å². The highest BCUT2D eigenvalue weighted by Gasteiger charge is 2.25. The lowest BCUT2D eigenvalue weighted by Crippen LogP contribution is -2.50. The Morgan fingerprint density at radius 3 is 2.58 bits per heavy atom. The van der Waals surface area contributed by atoms with Crippen LogP contribution in [0.25, 0.3) is 11.0 Å².